The van der Waals surface area contributed by atoms with Crippen molar-refractivity contribution in [3.8, 4) is 16.3 Å². The van der Waals surface area contributed by atoms with E-state index in [1.807, 2.05) is 6.92 Å². The Hall–Kier alpha value is -2.98. The standard InChI is InChI=1S/C23H20ClF4N3O2S/c1-3-5-11-31(21(32)15-7-6-8-17(25)19(15)24)22-30-29-20(34-22)14-9-10-18(33-12-4-2)16(13-14)23(26,27)28/h4,6-10,13H,2-3,5,11-12H2,1H3. The van der Waals surface area contributed by atoms with Gasteiger partial charge in [0.1, 0.15) is 23.2 Å². The molecular weight excluding hydrogens is 494 g/mol. The molecule has 0 bridgehead atoms. The second kappa shape index (κ2) is 11.0. The summed E-state index contributed by atoms with van der Waals surface area (Å²) in [6, 6.07) is 7.46. The van der Waals surface area contributed by atoms with Crippen molar-refractivity contribution in [2.45, 2.75) is 25.9 Å². The highest BCUT2D eigenvalue weighted by Gasteiger charge is 2.35. The zero-order valence-electron chi connectivity index (χ0n) is 18.0. The molecule has 2 aromatic carbocycles. The molecule has 0 atom stereocenters. The molecule has 0 aliphatic heterocycles. The third kappa shape index (κ3) is 5.74. The van der Waals surface area contributed by atoms with E-state index in [1.54, 1.807) is 0 Å². The number of ether oxygens (including phenoxy) is 1. The summed E-state index contributed by atoms with van der Waals surface area (Å²) >= 11 is 6.93. The number of carbonyl (C=O) groups excluding carboxylic acids is 1. The molecule has 0 unspecified atom stereocenters. The van der Waals surface area contributed by atoms with Crippen molar-refractivity contribution in [2.75, 3.05) is 18.1 Å². The lowest BCUT2D eigenvalue weighted by atomic mass is 10.1. The van der Waals surface area contributed by atoms with Crippen molar-refractivity contribution >= 4 is 34.0 Å². The third-order valence-electron chi connectivity index (χ3n) is 4.70. The van der Waals surface area contributed by atoms with E-state index in [-0.39, 0.29) is 45.2 Å². The number of nitrogens with zero attached hydrogens (tertiary/aromatic N) is 3. The highest BCUT2D eigenvalue weighted by Crippen LogP contribution is 2.40. The van der Waals surface area contributed by atoms with E-state index in [1.165, 1.54) is 35.2 Å². The average molecular weight is 514 g/mol. The third-order valence-corrected chi connectivity index (χ3v) is 6.08. The van der Waals surface area contributed by atoms with Gasteiger partial charge in [-0.1, -0.05) is 55.0 Å². The maximum Gasteiger partial charge on any atom is 0.419 e. The van der Waals surface area contributed by atoms with Crippen LogP contribution in [-0.4, -0.2) is 29.3 Å². The van der Waals surface area contributed by atoms with E-state index in [0.29, 0.717) is 6.42 Å². The molecule has 0 aliphatic rings. The van der Waals surface area contributed by atoms with Crippen molar-refractivity contribution in [1.29, 1.82) is 0 Å². The summed E-state index contributed by atoms with van der Waals surface area (Å²) in [6.07, 6.45) is -1.94. The quantitative estimate of drug-likeness (QED) is 0.228. The molecule has 0 N–H and O–H groups in total. The Balaban J connectivity index is 1.98. The van der Waals surface area contributed by atoms with Crippen LogP contribution in [0.3, 0.4) is 0 Å². The van der Waals surface area contributed by atoms with E-state index in [4.69, 9.17) is 16.3 Å². The fraction of sp³-hybridized carbons (Fsp3) is 0.261. The Morgan fingerprint density at radius 3 is 2.71 bits per heavy atom. The van der Waals surface area contributed by atoms with Crippen LogP contribution < -0.4 is 9.64 Å². The minimum atomic E-state index is -4.66. The number of carbonyl (C=O) groups is 1. The maximum absolute atomic E-state index is 13.9. The van der Waals surface area contributed by atoms with Crippen LogP contribution in [0, 0.1) is 5.82 Å². The number of halogens is 5. The molecule has 0 spiro atoms. The van der Waals surface area contributed by atoms with Gasteiger partial charge in [-0.25, -0.2) is 4.39 Å². The van der Waals surface area contributed by atoms with Crippen LogP contribution in [0.4, 0.5) is 22.7 Å². The van der Waals surface area contributed by atoms with Crippen molar-refractivity contribution in [1.82, 2.24) is 10.2 Å². The Bertz CT molecular complexity index is 1180. The van der Waals surface area contributed by atoms with Gasteiger partial charge in [0.05, 0.1) is 16.1 Å². The fourth-order valence-electron chi connectivity index (χ4n) is 3.01. The number of hydrogen-bond donors (Lipinski definition) is 0. The monoisotopic (exact) mass is 513 g/mol. The smallest absolute Gasteiger partial charge is 0.419 e. The van der Waals surface area contributed by atoms with Crippen molar-refractivity contribution < 1.29 is 27.1 Å². The van der Waals surface area contributed by atoms with Crippen LogP contribution in [0.1, 0.15) is 35.7 Å². The largest absolute Gasteiger partial charge is 0.489 e. The van der Waals surface area contributed by atoms with Gasteiger partial charge in [-0.3, -0.25) is 9.69 Å². The molecule has 1 heterocycles. The summed E-state index contributed by atoms with van der Waals surface area (Å²) in [6.45, 7) is 5.53. The first-order valence-corrected chi connectivity index (χ1v) is 11.4. The van der Waals surface area contributed by atoms with Crippen LogP contribution >= 0.6 is 22.9 Å². The summed E-state index contributed by atoms with van der Waals surface area (Å²) in [5.74, 6) is -1.65. The van der Waals surface area contributed by atoms with Crippen molar-refractivity contribution in [2.24, 2.45) is 0 Å². The summed E-state index contributed by atoms with van der Waals surface area (Å²) < 4.78 is 59.7. The topological polar surface area (TPSA) is 55.3 Å². The lowest BCUT2D eigenvalue weighted by molar-refractivity contribution is -0.138. The normalized spacial score (nSPS) is 11.4. The summed E-state index contributed by atoms with van der Waals surface area (Å²) in [4.78, 5) is 14.4. The molecule has 11 heteroatoms. The van der Waals surface area contributed by atoms with Gasteiger partial charge in [0.2, 0.25) is 5.13 Å². The highest BCUT2D eigenvalue weighted by atomic mass is 35.5. The van der Waals surface area contributed by atoms with E-state index in [9.17, 15) is 22.4 Å². The molecule has 180 valence electrons. The molecule has 0 saturated heterocycles. The Labute approximate surface area is 202 Å². The van der Waals surface area contributed by atoms with E-state index in [0.717, 1.165) is 29.9 Å². The van der Waals surface area contributed by atoms with Crippen LogP contribution in [0.25, 0.3) is 10.6 Å². The SMILES string of the molecule is C=CCOc1ccc(-c2nnc(N(CCCC)C(=O)c3cccc(F)c3Cl)s2)cc1C(F)(F)F. The van der Waals surface area contributed by atoms with E-state index in [2.05, 4.69) is 16.8 Å². The lowest BCUT2D eigenvalue weighted by Gasteiger charge is -2.19. The number of anilines is 1. The molecule has 1 aromatic heterocycles. The molecular formula is C23H20ClF4N3O2S. The van der Waals surface area contributed by atoms with Gasteiger partial charge in [0.25, 0.3) is 5.91 Å². The highest BCUT2D eigenvalue weighted by molar-refractivity contribution is 7.18. The van der Waals surface area contributed by atoms with E-state index >= 15 is 0 Å². The van der Waals surface area contributed by atoms with Crippen molar-refractivity contribution in [3.05, 3.63) is 71.0 Å². The Morgan fingerprint density at radius 1 is 1.26 bits per heavy atom. The van der Waals surface area contributed by atoms with Gasteiger partial charge in [0.15, 0.2) is 0 Å². The summed E-state index contributed by atoms with van der Waals surface area (Å²) in [5, 5.41) is 8.03. The number of alkyl halides is 3. The first-order valence-electron chi connectivity index (χ1n) is 10.2. The Morgan fingerprint density at radius 2 is 2.03 bits per heavy atom. The molecule has 0 saturated carbocycles. The van der Waals surface area contributed by atoms with E-state index < -0.39 is 23.5 Å². The second-order valence-corrected chi connectivity index (χ2v) is 8.44. The van der Waals surface area contributed by atoms with Crippen LogP contribution in [0.2, 0.25) is 5.02 Å². The Kier molecular flexibility index (Phi) is 8.27. The molecule has 3 aromatic rings. The average Bonchev–Trinajstić information content (AvgIpc) is 3.29. The number of benzene rings is 2. The molecule has 0 radical (unpaired) electrons. The molecule has 3 rings (SSSR count). The van der Waals surface area contributed by atoms with Crippen molar-refractivity contribution in [3.63, 3.8) is 0 Å². The van der Waals surface area contributed by atoms with Gasteiger partial charge >= 0.3 is 6.18 Å². The lowest BCUT2D eigenvalue weighted by Crippen LogP contribution is -2.32. The van der Waals surface area contributed by atoms with Crippen LogP contribution in [0.15, 0.2) is 49.1 Å². The molecule has 34 heavy (non-hydrogen) atoms. The zero-order chi connectivity index (χ0) is 24.9. The number of hydrogen-bond acceptors (Lipinski definition) is 5. The molecule has 0 fully saturated rings. The summed E-state index contributed by atoms with van der Waals surface area (Å²) in [7, 11) is 0. The fourth-order valence-corrected chi connectivity index (χ4v) is 4.09. The van der Waals surface area contributed by atoms with Gasteiger partial charge in [0, 0.05) is 12.1 Å². The van der Waals surface area contributed by atoms with Gasteiger partial charge in [-0.05, 0) is 36.8 Å². The van der Waals surface area contributed by atoms with Crippen LogP contribution in [-0.2, 0) is 6.18 Å². The number of amides is 1. The molecule has 1 amide bonds. The summed E-state index contributed by atoms with van der Waals surface area (Å²) in [5.41, 5.74) is -0.847. The first kappa shape index (κ1) is 25.6. The van der Waals surface area contributed by atoms with Gasteiger partial charge in [-0.15, -0.1) is 10.2 Å². The molecule has 0 aliphatic carbocycles. The minimum Gasteiger partial charge on any atom is -0.489 e. The zero-order valence-corrected chi connectivity index (χ0v) is 19.6. The predicted octanol–water partition coefficient (Wildman–Crippen LogP) is 7.03. The number of unbranched alkanes of at least 4 members (excludes halogenated alkanes) is 1. The number of rotatable bonds is 9. The van der Waals surface area contributed by atoms with Crippen LogP contribution in [0.5, 0.6) is 5.75 Å². The number of aromatic nitrogens is 2. The predicted molar refractivity (Wildman–Crippen MR) is 124 cm³/mol. The van der Waals surface area contributed by atoms with Gasteiger partial charge < -0.3 is 4.74 Å². The maximum atomic E-state index is 13.9. The second-order valence-electron chi connectivity index (χ2n) is 7.11. The minimum absolute atomic E-state index is 0.0439. The van der Waals surface area contributed by atoms with Gasteiger partial charge in [-0.2, -0.15) is 13.2 Å². The first-order chi connectivity index (χ1) is 16.2. The molecule has 5 nitrogen and oxygen atoms in total.